The number of carbonyl (C=O) groups excluding carboxylic acids is 1. The number of benzene rings is 1. The molecule has 0 saturated heterocycles. The maximum atomic E-state index is 13.1. The molecule has 3 rings (SSSR count). The molecule has 1 aromatic carbocycles. The molecule has 1 amide bonds. The lowest BCUT2D eigenvalue weighted by Crippen LogP contribution is -2.22. The first kappa shape index (κ1) is 17.0. The van der Waals surface area contributed by atoms with Crippen molar-refractivity contribution < 1.29 is 17.6 Å². The topological polar surface area (TPSA) is 120 Å². The van der Waals surface area contributed by atoms with Crippen LogP contribution in [-0.2, 0) is 16.6 Å². The molecule has 25 heavy (non-hydrogen) atoms. The summed E-state index contributed by atoms with van der Waals surface area (Å²) in [5.41, 5.74) is 1.51. The number of halogens is 1. The number of nitrogens with two attached hydrogens (primary N) is 1. The van der Waals surface area contributed by atoms with Crippen LogP contribution in [0.15, 0.2) is 41.6 Å². The van der Waals surface area contributed by atoms with Crippen LogP contribution in [0.3, 0.4) is 0 Å². The number of carbonyl (C=O) groups is 1. The van der Waals surface area contributed by atoms with E-state index in [-0.39, 0.29) is 34.5 Å². The van der Waals surface area contributed by atoms with Crippen LogP contribution in [-0.4, -0.2) is 35.9 Å². The molecule has 0 aliphatic carbocycles. The molecule has 0 bridgehead atoms. The highest BCUT2D eigenvalue weighted by molar-refractivity contribution is 7.89. The van der Waals surface area contributed by atoms with Gasteiger partial charge in [-0.25, -0.2) is 27.9 Å². The summed E-state index contributed by atoms with van der Waals surface area (Å²) in [4.78, 5) is 20.2. The molecular formula is C15H14FN5O3S. The SMILES string of the molecule is CNC(=O)c1cc2nc(S(N)(=O)=O)cnc2n1Cc1ccc(F)cc1. The van der Waals surface area contributed by atoms with Crippen LogP contribution in [0.1, 0.15) is 16.1 Å². The minimum atomic E-state index is -4.01. The predicted molar refractivity (Wildman–Crippen MR) is 87.8 cm³/mol. The van der Waals surface area contributed by atoms with Gasteiger partial charge in [-0.2, -0.15) is 0 Å². The maximum absolute atomic E-state index is 13.1. The van der Waals surface area contributed by atoms with Crippen molar-refractivity contribution in [1.82, 2.24) is 19.9 Å². The van der Waals surface area contributed by atoms with Crippen molar-refractivity contribution in [2.45, 2.75) is 11.6 Å². The summed E-state index contributed by atoms with van der Waals surface area (Å²) in [6.45, 7) is 0.232. The summed E-state index contributed by atoms with van der Waals surface area (Å²) in [5.74, 6) is -0.760. The quantitative estimate of drug-likeness (QED) is 0.704. The number of amides is 1. The number of primary sulfonamides is 1. The Bertz CT molecular complexity index is 1060. The van der Waals surface area contributed by atoms with E-state index >= 15 is 0 Å². The van der Waals surface area contributed by atoms with Gasteiger partial charge in [0.05, 0.1) is 6.20 Å². The lowest BCUT2D eigenvalue weighted by molar-refractivity contribution is 0.0954. The largest absolute Gasteiger partial charge is 0.354 e. The van der Waals surface area contributed by atoms with Crippen molar-refractivity contribution in [2.75, 3.05) is 7.05 Å². The van der Waals surface area contributed by atoms with E-state index in [1.165, 1.54) is 25.2 Å². The molecule has 8 nitrogen and oxygen atoms in total. The fourth-order valence-corrected chi connectivity index (χ4v) is 2.82. The molecule has 2 aromatic heterocycles. The molecular weight excluding hydrogens is 349 g/mol. The zero-order valence-corrected chi connectivity index (χ0v) is 13.9. The van der Waals surface area contributed by atoms with Crippen LogP contribution >= 0.6 is 0 Å². The van der Waals surface area contributed by atoms with Gasteiger partial charge in [-0.1, -0.05) is 12.1 Å². The van der Waals surface area contributed by atoms with Crippen molar-refractivity contribution in [3.8, 4) is 0 Å². The monoisotopic (exact) mass is 363 g/mol. The number of aromatic nitrogens is 3. The number of nitrogens with one attached hydrogen (secondary N) is 1. The first-order chi connectivity index (χ1) is 11.8. The van der Waals surface area contributed by atoms with Gasteiger partial charge in [-0.05, 0) is 23.8 Å². The van der Waals surface area contributed by atoms with Gasteiger partial charge in [-0.3, -0.25) is 4.79 Å². The standard InChI is InChI=1S/C15H14FN5O3S/c1-18-15(22)12-6-11-14(19-7-13(20-11)25(17,23)24)21(12)8-9-2-4-10(16)5-3-9/h2-7H,8H2,1H3,(H,18,22)(H2,17,23,24). The third-order valence-electron chi connectivity index (χ3n) is 3.58. The Labute approximate surface area is 142 Å². The van der Waals surface area contributed by atoms with Gasteiger partial charge in [0.25, 0.3) is 15.9 Å². The van der Waals surface area contributed by atoms with E-state index in [9.17, 15) is 17.6 Å². The third-order valence-corrected chi connectivity index (χ3v) is 4.36. The Kier molecular flexibility index (Phi) is 4.23. The first-order valence-corrected chi connectivity index (χ1v) is 8.70. The molecule has 0 spiro atoms. The molecule has 3 aromatic rings. The molecule has 0 aliphatic rings. The van der Waals surface area contributed by atoms with E-state index < -0.39 is 10.0 Å². The van der Waals surface area contributed by atoms with Crippen LogP contribution in [0.5, 0.6) is 0 Å². The lowest BCUT2D eigenvalue weighted by atomic mass is 10.2. The highest BCUT2D eigenvalue weighted by Crippen LogP contribution is 2.20. The second-order valence-electron chi connectivity index (χ2n) is 5.28. The van der Waals surface area contributed by atoms with E-state index in [1.807, 2.05) is 0 Å². The average molecular weight is 363 g/mol. The summed E-state index contributed by atoms with van der Waals surface area (Å²) in [6.07, 6.45) is 1.03. The first-order valence-electron chi connectivity index (χ1n) is 7.15. The number of hydrogen-bond donors (Lipinski definition) is 2. The van der Waals surface area contributed by atoms with Crippen molar-refractivity contribution in [3.63, 3.8) is 0 Å². The van der Waals surface area contributed by atoms with Crippen molar-refractivity contribution in [2.24, 2.45) is 5.14 Å². The lowest BCUT2D eigenvalue weighted by Gasteiger charge is -2.09. The number of rotatable bonds is 4. The Morgan fingerprint density at radius 3 is 2.60 bits per heavy atom. The van der Waals surface area contributed by atoms with Gasteiger partial charge in [-0.15, -0.1) is 0 Å². The number of hydrogen-bond acceptors (Lipinski definition) is 5. The fourth-order valence-electron chi connectivity index (χ4n) is 2.39. The minimum Gasteiger partial charge on any atom is -0.354 e. The molecule has 0 fully saturated rings. The molecule has 10 heteroatoms. The van der Waals surface area contributed by atoms with E-state index in [4.69, 9.17) is 5.14 Å². The van der Waals surface area contributed by atoms with Gasteiger partial charge < -0.3 is 9.88 Å². The molecule has 0 saturated carbocycles. The van der Waals surface area contributed by atoms with Crippen LogP contribution in [0.2, 0.25) is 0 Å². The maximum Gasteiger partial charge on any atom is 0.267 e. The molecule has 0 aliphatic heterocycles. The highest BCUT2D eigenvalue weighted by Gasteiger charge is 2.19. The fraction of sp³-hybridized carbons (Fsp3) is 0.133. The summed E-state index contributed by atoms with van der Waals surface area (Å²) >= 11 is 0. The van der Waals surface area contributed by atoms with Crippen molar-refractivity contribution in [1.29, 1.82) is 0 Å². The Balaban J connectivity index is 2.16. The molecule has 2 heterocycles. The summed E-state index contributed by atoms with van der Waals surface area (Å²) < 4.78 is 37.5. The van der Waals surface area contributed by atoms with E-state index in [1.54, 1.807) is 16.7 Å². The van der Waals surface area contributed by atoms with Crippen LogP contribution in [0.4, 0.5) is 4.39 Å². The number of nitrogens with zero attached hydrogens (tertiary/aromatic N) is 3. The van der Waals surface area contributed by atoms with Crippen LogP contribution < -0.4 is 10.5 Å². The van der Waals surface area contributed by atoms with E-state index in [2.05, 4.69) is 15.3 Å². The number of sulfonamides is 1. The minimum absolute atomic E-state index is 0.215. The van der Waals surface area contributed by atoms with Crippen molar-refractivity contribution >= 4 is 27.1 Å². The molecule has 130 valence electrons. The van der Waals surface area contributed by atoms with Gasteiger partial charge in [0.15, 0.2) is 10.7 Å². The molecule has 0 radical (unpaired) electrons. The van der Waals surface area contributed by atoms with E-state index in [0.717, 1.165) is 11.8 Å². The van der Waals surface area contributed by atoms with Gasteiger partial charge in [0, 0.05) is 13.6 Å². The second-order valence-corrected chi connectivity index (χ2v) is 6.79. The van der Waals surface area contributed by atoms with Crippen LogP contribution in [0, 0.1) is 5.82 Å². The predicted octanol–water partition coefficient (Wildman–Crippen LogP) is 0.626. The molecule has 0 atom stereocenters. The zero-order valence-electron chi connectivity index (χ0n) is 13.1. The van der Waals surface area contributed by atoms with Gasteiger partial charge in [0.1, 0.15) is 17.0 Å². The average Bonchev–Trinajstić information content (AvgIpc) is 2.93. The second kappa shape index (κ2) is 6.22. The normalized spacial score (nSPS) is 11.6. The summed E-state index contributed by atoms with van der Waals surface area (Å²) in [5, 5.41) is 7.18. The third kappa shape index (κ3) is 3.35. The van der Waals surface area contributed by atoms with Gasteiger partial charge >= 0.3 is 0 Å². The Morgan fingerprint density at radius 2 is 2.00 bits per heavy atom. The smallest absolute Gasteiger partial charge is 0.267 e. The van der Waals surface area contributed by atoms with Gasteiger partial charge in [0.2, 0.25) is 0 Å². The van der Waals surface area contributed by atoms with E-state index in [0.29, 0.717) is 5.65 Å². The molecule has 0 unspecified atom stereocenters. The molecule has 3 N–H and O–H groups in total. The number of fused-ring (bicyclic) bond motifs is 1. The Morgan fingerprint density at radius 1 is 1.32 bits per heavy atom. The van der Waals surface area contributed by atoms with Crippen molar-refractivity contribution in [3.05, 3.63) is 53.6 Å². The highest BCUT2D eigenvalue weighted by atomic mass is 32.2. The van der Waals surface area contributed by atoms with Crippen LogP contribution in [0.25, 0.3) is 11.2 Å². The zero-order chi connectivity index (χ0) is 18.2. The Hall–Kier alpha value is -2.85. The summed E-state index contributed by atoms with van der Waals surface area (Å²) in [6, 6.07) is 7.22. The summed E-state index contributed by atoms with van der Waals surface area (Å²) in [7, 11) is -2.54.